The number of sulfonamides is 1. The highest BCUT2D eigenvalue weighted by molar-refractivity contribution is 7.92. The van der Waals surface area contributed by atoms with Gasteiger partial charge in [-0.05, 0) is 60.7 Å². The molecule has 6 nitrogen and oxygen atoms in total. The second kappa shape index (κ2) is 9.78. The van der Waals surface area contributed by atoms with E-state index in [1.165, 1.54) is 49.6 Å². The van der Waals surface area contributed by atoms with E-state index in [4.69, 9.17) is 39.5 Å². The van der Waals surface area contributed by atoms with Crippen LogP contribution >= 0.6 is 34.8 Å². The summed E-state index contributed by atoms with van der Waals surface area (Å²) < 4.78 is 32.8. The highest BCUT2D eigenvalue weighted by atomic mass is 35.5. The number of methoxy groups -OCH3 is 1. The minimum atomic E-state index is -4.10. The van der Waals surface area contributed by atoms with Crippen LogP contribution in [0.15, 0.2) is 71.6 Å². The van der Waals surface area contributed by atoms with E-state index in [-0.39, 0.29) is 21.3 Å². The van der Waals surface area contributed by atoms with E-state index in [9.17, 15) is 13.2 Å². The summed E-state index contributed by atoms with van der Waals surface area (Å²) in [5, 5.41) is 3.56. The van der Waals surface area contributed by atoms with Crippen molar-refractivity contribution in [1.82, 2.24) is 0 Å². The van der Waals surface area contributed by atoms with Gasteiger partial charge >= 0.3 is 0 Å². The summed E-state index contributed by atoms with van der Waals surface area (Å²) >= 11 is 18.1. The Morgan fingerprint density at radius 3 is 2.29 bits per heavy atom. The van der Waals surface area contributed by atoms with Crippen LogP contribution in [0, 0.1) is 0 Å². The molecule has 0 aliphatic carbocycles. The van der Waals surface area contributed by atoms with Crippen molar-refractivity contribution in [2.45, 2.75) is 4.90 Å². The van der Waals surface area contributed by atoms with Crippen molar-refractivity contribution >= 4 is 62.1 Å². The maximum absolute atomic E-state index is 13.4. The average molecular weight is 500 g/mol. The number of amides is 1. The lowest BCUT2D eigenvalue weighted by atomic mass is 10.3. The van der Waals surface area contributed by atoms with Crippen LogP contribution in [-0.4, -0.2) is 28.0 Å². The number of anilines is 2. The topological polar surface area (TPSA) is 75.7 Å². The first-order chi connectivity index (χ1) is 14.7. The zero-order valence-electron chi connectivity index (χ0n) is 16.2. The van der Waals surface area contributed by atoms with E-state index in [0.29, 0.717) is 15.8 Å². The summed E-state index contributed by atoms with van der Waals surface area (Å²) in [6.45, 7) is -0.516. The van der Waals surface area contributed by atoms with Crippen LogP contribution in [0.3, 0.4) is 0 Å². The highest BCUT2D eigenvalue weighted by Gasteiger charge is 2.27. The fourth-order valence-electron chi connectivity index (χ4n) is 2.73. The predicted molar refractivity (Wildman–Crippen MR) is 124 cm³/mol. The van der Waals surface area contributed by atoms with Crippen LogP contribution in [0.25, 0.3) is 0 Å². The molecule has 31 heavy (non-hydrogen) atoms. The molecule has 0 heterocycles. The molecular formula is C21H17Cl3N2O4S. The molecular weight excluding hydrogens is 483 g/mol. The lowest BCUT2D eigenvalue weighted by molar-refractivity contribution is -0.114. The Bertz CT molecular complexity index is 1200. The molecule has 3 aromatic carbocycles. The fraction of sp³-hybridized carbons (Fsp3) is 0.0952. The van der Waals surface area contributed by atoms with Gasteiger partial charge in [-0.3, -0.25) is 9.10 Å². The van der Waals surface area contributed by atoms with E-state index in [0.717, 1.165) is 4.31 Å². The normalized spacial score (nSPS) is 11.1. The summed E-state index contributed by atoms with van der Waals surface area (Å²) in [7, 11) is -2.62. The van der Waals surface area contributed by atoms with Crippen molar-refractivity contribution in [2.24, 2.45) is 0 Å². The molecule has 162 valence electrons. The molecule has 0 aliphatic rings. The van der Waals surface area contributed by atoms with Crippen molar-refractivity contribution in [3.8, 4) is 5.75 Å². The zero-order valence-corrected chi connectivity index (χ0v) is 19.3. The van der Waals surface area contributed by atoms with Crippen molar-refractivity contribution in [3.05, 3.63) is 81.8 Å². The predicted octanol–water partition coefficient (Wildman–Crippen LogP) is 5.49. The van der Waals surface area contributed by atoms with E-state index >= 15 is 0 Å². The molecule has 10 heteroatoms. The fourth-order valence-corrected chi connectivity index (χ4v) is 4.67. The molecule has 0 fully saturated rings. The van der Waals surface area contributed by atoms with Gasteiger partial charge in [0.25, 0.3) is 10.0 Å². The maximum Gasteiger partial charge on any atom is 0.264 e. The first-order valence-electron chi connectivity index (χ1n) is 8.88. The number of carbonyl (C=O) groups is 1. The van der Waals surface area contributed by atoms with E-state index in [1.807, 2.05) is 0 Å². The second-order valence-electron chi connectivity index (χ2n) is 6.34. The SMILES string of the molecule is COc1ccc(S(=O)(=O)N(CC(=O)Nc2cc(Cl)ccc2Cl)c2cccc(Cl)c2)cc1. The Kier molecular flexibility index (Phi) is 7.33. The van der Waals surface area contributed by atoms with Gasteiger partial charge in [-0.2, -0.15) is 0 Å². The summed E-state index contributed by atoms with van der Waals surface area (Å²) in [6.07, 6.45) is 0. The Morgan fingerprint density at radius 2 is 1.65 bits per heavy atom. The molecule has 1 amide bonds. The smallest absolute Gasteiger partial charge is 0.264 e. The molecule has 0 saturated heterocycles. The zero-order chi connectivity index (χ0) is 22.6. The molecule has 0 unspecified atom stereocenters. The number of hydrogen-bond acceptors (Lipinski definition) is 4. The van der Waals surface area contributed by atoms with Crippen LogP contribution in [-0.2, 0) is 14.8 Å². The first-order valence-corrected chi connectivity index (χ1v) is 11.5. The van der Waals surface area contributed by atoms with E-state index < -0.39 is 22.5 Å². The summed E-state index contributed by atoms with van der Waals surface area (Å²) in [6, 6.07) is 16.6. The molecule has 3 rings (SSSR count). The third-order valence-electron chi connectivity index (χ3n) is 4.23. The average Bonchev–Trinajstić information content (AvgIpc) is 2.74. The molecule has 0 radical (unpaired) electrons. The Labute approximate surface area is 195 Å². The lowest BCUT2D eigenvalue weighted by Gasteiger charge is -2.24. The van der Waals surface area contributed by atoms with Crippen molar-refractivity contribution in [3.63, 3.8) is 0 Å². The number of halogens is 3. The van der Waals surface area contributed by atoms with Gasteiger partial charge in [0.05, 0.1) is 28.4 Å². The number of rotatable bonds is 7. The number of nitrogens with zero attached hydrogens (tertiary/aromatic N) is 1. The quantitative estimate of drug-likeness (QED) is 0.466. The molecule has 0 saturated carbocycles. The van der Waals surface area contributed by atoms with Gasteiger partial charge in [0.1, 0.15) is 12.3 Å². The Morgan fingerprint density at radius 1 is 0.968 bits per heavy atom. The minimum Gasteiger partial charge on any atom is -0.497 e. The van der Waals surface area contributed by atoms with Crippen molar-refractivity contribution in [1.29, 1.82) is 0 Å². The third kappa shape index (κ3) is 5.62. The molecule has 1 N–H and O–H groups in total. The first kappa shape index (κ1) is 23.2. The van der Waals surface area contributed by atoms with Crippen LogP contribution < -0.4 is 14.4 Å². The molecule has 0 aliphatic heterocycles. The lowest BCUT2D eigenvalue weighted by Crippen LogP contribution is -2.38. The van der Waals surface area contributed by atoms with Gasteiger partial charge in [0.15, 0.2) is 0 Å². The van der Waals surface area contributed by atoms with Crippen LogP contribution in [0.4, 0.5) is 11.4 Å². The van der Waals surface area contributed by atoms with Gasteiger partial charge in [0.2, 0.25) is 5.91 Å². The van der Waals surface area contributed by atoms with Crippen molar-refractivity contribution < 1.29 is 17.9 Å². The standard InChI is InChI=1S/C21H17Cl3N2O4S/c1-30-17-6-8-18(9-7-17)31(28,29)26(16-4-2-3-14(22)11-16)13-21(27)25-20-12-15(23)5-10-19(20)24/h2-12H,13H2,1H3,(H,25,27). The molecule has 0 bridgehead atoms. The van der Waals surface area contributed by atoms with Gasteiger partial charge in [0, 0.05) is 10.0 Å². The van der Waals surface area contributed by atoms with Gasteiger partial charge in [-0.15, -0.1) is 0 Å². The van der Waals surface area contributed by atoms with Gasteiger partial charge in [-0.1, -0.05) is 40.9 Å². The van der Waals surface area contributed by atoms with Crippen LogP contribution in [0.2, 0.25) is 15.1 Å². The largest absolute Gasteiger partial charge is 0.497 e. The highest BCUT2D eigenvalue weighted by Crippen LogP contribution is 2.28. The number of nitrogens with one attached hydrogen (secondary N) is 1. The van der Waals surface area contributed by atoms with Crippen molar-refractivity contribution in [2.75, 3.05) is 23.3 Å². The monoisotopic (exact) mass is 498 g/mol. The van der Waals surface area contributed by atoms with Gasteiger partial charge < -0.3 is 10.1 Å². The Balaban J connectivity index is 1.96. The second-order valence-corrected chi connectivity index (χ2v) is 9.48. The number of carbonyl (C=O) groups excluding carboxylic acids is 1. The van der Waals surface area contributed by atoms with Gasteiger partial charge in [-0.25, -0.2) is 8.42 Å². The van der Waals surface area contributed by atoms with Crippen LogP contribution in [0.1, 0.15) is 0 Å². The third-order valence-corrected chi connectivity index (χ3v) is 6.82. The number of benzene rings is 3. The summed E-state index contributed by atoms with van der Waals surface area (Å²) in [5.74, 6) is -0.108. The molecule has 0 spiro atoms. The van der Waals surface area contributed by atoms with E-state index in [1.54, 1.807) is 24.3 Å². The molecule has 3 aromatic rings. The number of ether oxygens (including phenoxy) is 1. The van der Waals surface area contributed by atoms with E-state index in [2.05, 4.69) is 5.32 Å². The molecule has 0 atom stereocenters. The maximum atomic E-state index is 13.4. The summed E-state index contributed by atoms with van der Waals surface area (Å²) in [5.41, 5.74) is 0.503. The summed E-state index contributed by atoms with van der Waals surface area (Å²) in [4.78, 5) is 12.7. The minimum absolute atomic E-state index is 0.0122. The molecule has 0 aromatic heterocycles. The van der Waals surface area contributed by atoms with Crippen LogP contribution in [0.5, 0.6) is 5.75 Å². The Hall–Kier alpha value is -2.45. The number of hydrogen-bond donors (Lipinski definition) is 1.